The van der Waals surface area contributed by atoms with Gasteiger partial charge in [-0.15, -0.1) is 11.3 Å². The number of pyridine rings is 1. The molecule has 0 saturated carbocycles. The first-order valence-corrected chi connectivity index (χ1v) is 8.39. The van der Waals surface area contributed by atoms with Crippen molar-refractivity contribution in [1.29, 1.82) is 0 Å². The number of hydrogen-bond acceptors (Lipinski definition) is 8. The number of nitrogens with one attached hydrogen (secondary N) is 1. The lowest BCUT2D eigenvalue weighted by molar-refractivity contribution is -0.142. The fraction of sp³-hybridized carbons (Fsp3) is 0.312. The molecule has 2 aromatic heterocycles. The summed E-state index contributed by atoms with van der Waals surface area (Å²) in [6.07, 6.45) is 1.95. The highest BCUT2D eigenvalue weighted by molar-refractivity contribution is 7.13. The van der Waals surface area contributed by atoms with Gasteiger partial charge in [-0.25, -0.2) is 9.78 Å². The van der Waals surface area contributed by atoms with Gasteiger partial charge in [0, 0.05) is 17.8 Å². The lowest BCUT2D eigenvalue weighted by atomic mass is 10.3. The Hall–Kier alpha value is -2.81. The van der Waals surface area contributed by atoms with Crippen LogP contribution in [0.5, 0.6) is 0 Å². The molecule has 0 aliphatic rings. The Morgan fingerprint density at radius 1 is 1.28 bits per heavy atom. The van der Waals surface area contributed by atoms with Crippen LogP contribution in [0, 0.1) is 0 Å². The minimum atomic E-state index is -1.00. The third-order valence-electron chi connectivity index (χ3n) is 2.98. The molecule has 25 heavy (non-hydrogen) atoms. The summed E-state index contributed by atoms with van der Waals surface area (Å²) in [6.45, 7) is 3.48. The van der Waals surface area contributed by atoms with Crippen LogP contribution in [0.25, 0.3) is 0 Å². The fourth-order valence-electron chi connectivity index (χ4n) is 1.78. The Morgan fingerprint density at radius 2 is 2.00 bits per heavy atom. The second kappa shape index (κ2) is 8.88. The molecule has 0 aromatic carbocycles. The number of amides is 1. The summed E-state index contributed by atoms with van der Waals surface area (Å²) in [4.78, 5) is 43.3. The maximum Gasteiger partial charge on any atom is 0.339 e. The normalized spacial score (nSPS) is 11.4. The number of ether oxygens (including phenoxy) is 2. The molecular weight excluding hydrogens is 346 g/mol. The van der Waals surface area contributed by atoms with Crippen molar-refractivity contribution < 1.29 is 23.9 Å². The molecule has 132 valence electrons. The highest BCUT2D eigenvalue weighted by Gasteiger charge is 2.20. The fourth-order valence-corrected chi connectivity index (χ4v) is 2.50. The monoisotopic (exact) mass is 363 g/mol. The molecule has 1 atom stereocenters. The lowest BCUT2D eigenvalue weighted by Crippen LogP contribution is -2.30. The van der Waals surface area contributed by atoms with E-state index in [2.05, 4.69) is 15.3 Å². The van der Waals surface area contributed by atoms with Crippen molar-refractivity contribution in [2.45, 2.75) is 26.4 Å². The van der Waals surface area contributed by atoms with Crippen molar-refractivity contribution in [3.8, 4) is 0 Å². The van der Waals surface area contributed by atoms with Gasteiger partial charge >= 0.3 is 11.9 Å². The van der Waals surface area contributed by atoms with Crippen LogP contribution in [0.2, 0.25) is 0 Å². The molecule has 0 saturated heterocycles. The molecular formula is C16H17N3O5S. The van der Waals surface area contributed by atoms with E-state index in [9.17, 15) is 14.4 Å². The third-order valence-corrected chi connectivity index (χ3v) is 3.79. The number of nitrogens with zero attached hydrogens (tertiary/aromatic N) is 2. The quantitative estimate of drug-likeness (QED) is 0.748. The van der Waals surface area contributed by atoms with Crippen molar-refractivity contribution in [1.82, 2.24) is 9.97 Å². The van der Waals surface area contributed by atoms with Gasteiger partial charge in [0.05, 0.1) is 24.3 Å². The van der Waals surface area contributed by atoms with E-state index in [4.69, 9.17) is 9.47 Å². The first-order valence-electron chi connectivity index (χ1n) is 7.51. The maximum atomic E-state index is 12.1. The van der Waals surface area contributed by atoms with Gasteiger partial charge in [0.2, 0.25) is 0 Å². The zero-order chi connectivity index (χ0) is 18.2. The van der Waals surface area contributed by atoms with Gasteiger partial charge in [-0.05, 0) is 26.0 Å². The van der Waals surface area contributed by atoms with Crippen molar-refractivity contribution in [3.05, 3.63) is 41.2 Å². The Balaban J connectivity index is 1.88. The number of hydrogen-bond donors (Lipinski definition) is 1. The Labute approximate surface area is 148 Å². The summed E-state index contributed by atoms with van der Waals surface area (Å²) in [5, 5.41) is 4.52. The second-order valence-electron chi connectivity index (χ2n) is 4.90. The first-order chi connectivity index (χ1) is 12.0. The predicted molar refractivity (Wildman–Crippen MR) is 90.2 cm³/mol. The zero-order valence-electron chi connectivity index (χ0n) is 13.7. The van der Waals surface area contributed by atoms with Gasteiger partial charge in [-0.2, -0.15) is 0 Å². The summed E-state index contributed by atoms with van der Waals surface area (Å²) in [5.41, 5.74) is 0.806. The summed E-state index contributed by atoms with van der Waals surface area (Å²) >= 11 is 1.17. The smallest absolute Gasteiger partial charge is 0.339 e. The van der Waals surface area contributed by atoms with E-state index in [1.807, 2.05) is 0 Å². The molecule has 0 spiro atoms. The topological polar surface area (TPSA) is 107 Å². The molecule has 2 heterocycles. The van der Waals surface area contributed by atoms with Gasteiger partial charge < -0.3 is 9.47 Å². The van der Waals surface area contributed by atoms with E-state index < -0.39 is 18.0 Å². The number of esters is 2. The molecule has 0 fully saturated rings. The number of carbonyl (C=O) groups is 3. The summed E-state index contributed by atoms with van der Waals surface area (Å²) in [5.74, 6) is -1.52. The number of rotatable bonds is 7. The summed E-state index contributed by atoms with van der Waals surface area (Å²) in [7, 11) is 0. The Bertz CT molecular complexity index is 747. The van der Waals surface area contributed by atoms with Crippen molar-refractivity contribution in [2.75, 3.05) is 11.9 Å². The highest BCUT2D eigenvalue weighted by atomic mass is 32.1. The Kier molecular flexibility index (Phi) is 6.58. The third kappa shape index (κ3) is 5.64. The molecule has 8 nitrogen and oxygen atoms in total. The molecule has 1 amide bonds. The van der Waals surface area contributed by atoms with Crippen LogP contribution in [0.15, 0.2) is 29.9 Å². The lowest BCUT2D eigenvalue weighted by Gasteiger charge is -2.12. The van der Waals surface area contributed by atoms with Crippen LogP contribution in [-0.2, 0) is 25.5 Å². The predicted octanol–water partition coefficient (Wildman–Crippen LogP) is 1.83. The van der Waals surface area contributed by atoms with Gasteiger partial charge in [0.15, 0.2) is 11.2 Å². The minimum absolute atomic E-state index is 0.0345. The summed E-state index contributed by atoms with van der Waals surface area (Å²) < 4.78 is 9.93. The number of thiazole rings is 1. The second-order valence-corrected chi connectivity index (χ2v) is 5.76. The first kappa shape index (κ1) is 18.5. The van der Waals surface area contributed by atoms with E-state index in [1.165, 1.54) is 42.8 Å². The van der Waals surface area contributed by atoms with Crippen LogP contribution >= 0.6 is 11.3 Å². The van der Waals surface area contributed by atoms with E-state index in [1.54, 1.807) is 12.3 Å². The molecule has 9 heteroatoms. The van der Waals surface area contributed by atoms with E-state index >= 15 is 0 Å². The Morgan fingerprint density at radius 3 is 2.68 bits per heavy atom. The van der Waals surface area contributed by atoms with Crippen LogP contribution in [-0.4, -0.2) is 40.5 Å². The van der Waals surface area contributed by atoms with Crippen LogP contribution in [0.3, 0.4) is 0 Å². The number of aromatic nitrogens is 2. The van der Waals surface area contributed by atoms with Crippen molar-refractivity contribution >= 4 is 34.3 Å². The minimum Gasteiger partial charge on any atom is -0.466 e. The van der Waals surface area contributed by atoms with E-state index in [0.29, 0.717) is 23.0 Å². The van der Waals surface area contributed by atoms with Crippen LogP contribution < -0.4 is 5.32 Å². The molecule has 0 aliphatic heterocycles. The maximum absolute atomic E-state index is 12.1. The molecule has 2 rings (SSSR count). The van der Waals surface area contributed by atoms with Gasteiger partial charge in [0.1, 0.15) is 0 Å². The van der Waals surface area contributed by atoms with Gasteiger partial charge in [-0.3, -0.25) is 19.9 Å². The number of anilines is 1. The van der Waals surface area contributed by atoms with Crippen LogP contribution in [0.1, 0.15) is 29.9 Å². The van der Waals surface area contributed by atoms with E-state index in [0.717, 1.165) is 0 Å². The zero-order valence-corrected chi connectivity index (χ0v) is 14.5. The molecule has 2 aromatic rings. The van der Waals surface area contributed by atoms with Crippen LogP contribution in [0.4, 0.5) is 5.13 Å². The largest absolute Gasteiger partial charge is 0.466 e. The van der Waals surface area contributed by atoms with Gasteiger partial charge in [0.25, 0.3) is 5.91 Å². The van der Waals surface area contributed by atoms with E-state index in [-0.39, 0.29) is 12.4 Å². The summed E-state index contributed by atoms with van der Waals surface area (Å²) in [6, 6.07) is 2.99. The molecule has 0 bridgehead atoms. The average Bonchev–Trinajstić information content (AvgIpc) is 3.02. The number of carbonyl (C=O) groups excluding carboxylic acids is 3. The molecule has 0 radical (unpaired) electrons. The molecule has 1 unspecified atom stereocenters. The van der Waals surface area contributed by atoms with Gasteiger partial charge in [-0.1, -0.05) is 0 Å². The highest BCUT2D eigenvalue weighted by Crippen LogP contribution is 2.17. The molecule has 1 N–H and O–H groups in total. The van der Waals surface area contributed by atoms with Crippen molar-refractivity contribution in [2.24, 2.45) is 0 Å². The standard InChI is InChI=1S/C16H17N3O5S/c1-3-23-13(20)8-12-9-25-16(18-12)19-14(21)10(2)24-15(22)11-4-6-17-7-5-11/h4-7,9-10H,3,8H2,1-2H3,(H,18,19,21). The molecule has 0 aliphatic carbocycles. The average molecular weight is 363 g/mol. The van der Waals surface area contributed by atoms with Crippen molar-refractivity contribution in [3.63, 3.8) is 0 Å². The SMILES string of the molecule is CCOC(=O)Cc1csc(NC(=O)C(C)OC(=O)c2ccncc2)n1.